The lowest BCUT2D eigenvalue weighted by molar-refractivity contribution is -0.607. The molecule has 0 saturated heterocycles. The number of aromatic nitrogens is 1. The van der Waals surface area contributed by atoms with E-state index in [0.29, 0.717) is 17.1 Å². The van der Waals surface area contributed by atoms with Gasteiger partial charge in [-0.3, -0.25) is 4.79 Å². The fourth-order valence-corrected chi connectivity index (χ4v) is 1.65. The van der Waals surface area contributed by atoms with Gasteiger partial charge in [-0.2, -0.15) is 4.73 Å². The van der Waals surface area contributed by atoms with E-state index in [1.54, 1.807) is 19.1 Å². The maximum atomic E-state index is 11.8. The quantitative estimate of drug-likeness (QED) is 0.600. The molecule has 106 valence electrons. The highest BCUT2D eigenvalue weighted by Gasteiger charge is 2.23. The minimum absolute atomic E-state index is 0.0298. The highest BCUT2D eigenvalue weighted by atomic mass is 16.5. The molecule has 0 aliphatic rings. The highest BCUT2D eigenvalue weighted by Crippen LogP contribution is 2.15. The molecule has 19 heavy (non-hydrogen) atoms. The molecule has 1 heterocycles. The van der Waals surface area contributed by atoms with Gasteiger partial charge in [-0.15, -0.1) is 0 Å². The molecule has 1 aromatic rings. The van der Waals surface area contributed by atoms with Crippen molar-refractivity contribution in [3.63, 3.8) is 0 Å². The first-order valence-corrected chi connectivity index (χ1v) is 6.50. The molecule has 2 N–H and O–H groups in total. The van der Waals surface area contributed by atoms with Crippen molar-refractivity contribution in [1.29, 1.82) is 0 Å². The number of carbonyl (C=O) groups is 1. The van der Waals surface area contributed by atoms with Crippen LogP contribution in [0, 0.1) is 11.1 Å². The predicted molar refractivity (Wildman–Crippen MR) is 72.4 cm³/mol. The number of amides is 1. The van der Waals surface area contributed by atoms with E-state index in [-0.39, 0.29) is 12.2 Å². The lowest BCUT2D eigenvalue weighted by atomic mass is 9.95. The summed E-state index contributed by atoms with van der Waals surface area (Å²) in [5, 5.41) is 24.1. The van der Waals surface area contributed by atoms with Gasteiger partial charge in [0.05, 0.1) is 5.60 Å². The monoisotopic (exact) mass is 266 g/mol. The molecule has 0 aliphatic heterocycles. The smallest absolute Gasteiger partial charge is 0.317 e. The standard InChI is InChI=1S/C14H22N2O3/c1-11(2)7-8-14(3,18)10-15-13(17)12-6-4-5-9-16(12)19/h4-6,9,11,18H,7-8,10H2,1-3H3,(H,15,17). The van der Waals surface area contributed by atoms with Crippen molar-refractivity contribution in [2.45, 2.75) is 39.2 Å². The molecule has 0 radical (unpaired) electrons. The van der Waals surface area contributed by atoms with Gasteiger partial charge in [0.25, 0.3) is 5.69 Å². The Hall–Kier alpha value is -1.62. The lowest BCUT2D eigenvalue weighted by Gasteiger charge is -2.24. The van der Waals surface area contributed by atoms with Crippen LogP contribution in [0.3, 0.4) is 0 Å². The molecule has 0 fully saturated rings. The van der Waals surface area contributed by atoms with Crippen molar-refractivity contribution in [3.8, 4) is 0 Å². The first-order chi connectivity index (χ1) is 8.82. The SMILES string of the molecule is CC(C)CCC(C)(O)CNC(=O)c1cccc[n+]1[O-]. The van der Waals surface area contributed by atoms with Crippen LogP contribution in [-0.2, 0) is 0 Å². The van der Waals surface area contributed by atoms with Crippen molar-refractivity contribution in [3.05, 3.63) is 35.3 Å². The van der Waals surface area contributed by atoms with Gasteiger partial charge in [-0.25, -0.2) is 0 Å². The van der Waals surface area contributed by atoms with Gasteiger partial charge in [0.1, 0.15) is 0 Å². The van der Waals surface area contributed by atoms with E-state index < -0.39 is 11.5 Å². The predicted octanol–water partition coefficient (Wildman–Crippen LogP) is 1.24. The molecule has 5 nitrogen and oxygen atoms in total. The fraction of sp³-hybridized carbons (Fsp3) is 0.571. The van der Waals surface area contributed by atoms with Crippen molar-refractivity contribution in [1.82, 2.24) is 5.32 Å². The van der Waals surface area contributed by atoms with Crippen LogP contribution in [0.1, 0.15) is 44.1 Å². The highest BCUT2D eigenvalue weighted by molar-refractivity contribution is 5.90. The van der Waals surface area contributed by atoms with Gasteiger partial charge in [0, 0.05) is 18.7 Å². The summed E-state index contributed by atoms with van der Waals surface area (Å²) < 4.78 is 0.512. The summed E-state index contributed by atoms with van der Waals surface area (Å²) in [5.74, 6) is 0.0283. The fourth-order valence-electron chi connectivity index (χ4n) is 1.65. The van der Waals surface area contributed by atoms with Crippen LogP contribution in [0.25, 0.3) is 0 Å². The van der Waals surface area contributed by atoms with E-state index in [2.05, 4.69) is 19.2 Å². The molecule has 0 aliphatic carbocycles. The van der Waals surface area contributed by atoms with E-state index >= 15 is 0 Å². The Morgan fingerprint density at radius 2 is 2.21 bits per heavy atom. The molecular formula is C14H22N2O3. The van der Waals surface area contributed by atoms with Crippen molar-refractivity contribution in [2.75, 3.05) is 6.54 Å². The minimum atomic E-state index is -0.956. The maximum absolute atomic E-state index is 11.8. The normalized spacial score (nSPS) is 14.2. The summed E-state index contributed by atoms with van der Waals surface area (Å²) in [6, 6.07) is 4.63. The van der Waals surface area contributed by atoms with Crippen molar-refractivity contribution in [2.24, 2.45) is 5.92 Å². The van der Waals surface area contributed by atoms with Gasteiger partial charge in [-0.05, 0) is 31.7 Å². The van der Waals surface area contributed by atoms with Gasteiger partial charge in [0.2, 0.25) is 0 Å². The van der Waals surface area contributed by atoms with Gasteiger partial charge < -0.3 is 15.6 Å². The zero-order chi connectivity index (χ0) is 14.5. The molecule has 0 saturated carbocycles. The zero-order valence-corrected chi connectivity index (χ0v) is 11.7. The van der Waals surface area contributed by atoms with Gasteiger partial charge in [0.15, 0.2) is 6.20 Å². The molecule has 0 bridgehead atoms. The Balaban J connectivity index is 2.52. The number of hydrogen-bond donors (Lipinski definition) is 2. The molecular weight excluding hydrogens is 244 g/mol. The Bertz CT molecular complexity index is 430. The molecule has 1 amide bonds. The van der Waals surface area contributed by atoms with E-state index in [1.165, 1.54) is 12.3 Å². The second-order valence-corrected chi connectivity index (χ2v) is 5.52. The summed E-state index contributed by atoms with van der Waals surface area (Å²) >= 11 is 0. The van der Waals surface area contributed by atoms with E-state index in [0.717, 1.165) is 6.42 Å². The topological polar surface area (TPSA) is 76.3 Å². The Kier molecular flexibility index (Phi) is 5.30. The second-order valence-electron chi connectivity index (χ2n) is 5.52. The third-order valence-electron chi connectivity index (χ3n) is 2.95. The lowest BCUT2D eigenvalue weighted by Crippen LogP contribution is -2.45. The van der Waals surface area contributed by atoms with Crippen LogP contribution in [0.4, 0.5) is 0 Å². The largest absolute Gasteiger partial charge is 0.618 e. The van der Waals surface area contributed by atoms with Crippen LogP contribution >= 0.6 is 0 Å². The summed E-state index contributed by atoms with van der Waals surface area (Å²) in [5.41, 5.74) is -0.926. The summed E-state index contributed by atoms with van der Waals surface area (Å²) in [6.45, 7) is 5.98. The average molecular weight is 266 g/mol. The number of carbonyl (C=O) groups excluding carboxylic acids is 1. The van der Waals surface area contributed by atoms with Gasteiger partial charge >= 0.3 is 5.91 Å². The van der Waals surface area contributed by atoms with Crippen LogP contribution in [-0.4, -0.2) is 23.2 Å². The zero-order valence-electron chi connectivity index (χ0n) is 11.7. The Morgan fingerprint density at radius 1 is 1.53 bits per heavy atom. The molecule has 5 heteroatoms. The summed E-state index contributed by atoms with van der Waals surface area (Å²) in [4.78, 5) is 11.8. The maximum Gasteiger partial charge on any atom is 0.317 e. The third kappa shape index (κ3) is 5.26. The Labute approximate surface area is 113 Å². The van der Waals surface area contributed by atoms with Crippen LogP contribution in [0.2, 0.25) is 0 Å². The number of aliphatic hydroxyl groups is 1. The van der Waals surface area contributed by atoms with E-state index in [4.69, 9.17) is 0 Å². The number of hydrogen-bond acceptors (Lipinski definition) is 3. The van der Waals surface area contributed by atoms with Crippen molar-refractivity contribution < 1.29 is 14.6 Å². The number of nitrogens with zero attached hydrogens (tertiary/aromatic N) is 1. The number of nitrogens with one attached hydrogen (secondary N) is 1. The summed E-state index contributed by atoms with van der Waals surface area (Å²) in [6.07, 6.45) is 2.76. The molecule has 1 atom stereocenters. The molecule has 1 rings (SSSR count). The molecule has 0 spiro atoms. The van der Waals surface area contributed by atoms with Crippen LogP contribution in [0.15, 0.2) is 24.4 Å². The second kappa shape index (κ2) is 6.52. The molecule has 1 unspecified atom stereocenters. The van der Waals surface area contributed by atoms with Crippen LogP contribution in [0.5, 0.6) is 0 Å². The van der Waals surface area contributed by atoms with E-state index in [1.807, 2.05) is 0 Å². The average Bonchev–Trinajstić information content (AvgIpc) is 2.34. The van der Waals surface area contributed by atoms with E-state index in [9.17, 15) is 15.1 Å². The van der Waals surface area contributed by atoms with Crippen LogP contribution < -0.4 is 10.0 Å². The summed E-state index contributed by atoms with van der Waals surface area (Å²) in [7, 11) is 0. The van der Waals surface area contributed by atoms with Gasteiger partial charge in [-0.1, -0.05) is 13.8 Å². The number of pyridine rings is 1. The minimum Gasteiger partial charge on any atom is -0.618 e. The first kappa shape index (κ1) is 15.4. The first-order valence-electron chi connectivity index (χ1n) is 6.50. The molecule has 1 aromatic heterocycles. The molecule has 0 aromatic carbocycles. The Morgan fingerprint density at radius 3 is 2.79 bits per heavy atom. The third-order valence-corrected chi connectivity index (χ3v) is 2.95. The number of rotatable bonds is 6. The van der Waals surface area contributed by atoms with Crippen molar-refractivity contribution >= 4 is 5.91 Å².